The molecule has 0 fully saturated rings. The van der Waals surface area contributed by atoms with E-state index < -0.39 is 0 Å². The number of hydrogen-bond donors (Lipinski definition) is 2. The molecule has 0 saturated carbocycles. The van der Waals surface area contributed by atoms with Crippen molar-refractivity contribution in [3.8, 4) is 5.69 Å². The summed E-state index contributed by atoms with van der Waals surface area (Å²) in [4.78, 5) is 7.25. The Labute approximate surface area is 98.5 Å². The highest BCUT2D eigenvalue weighted by Crippen LogP contribution is 2.22. The van der Waals surface area contributed by atoms with Crippen molar-refractivity contribution >= 4 is 10.9 Å². The van der Waals surface area contributed by atoms with Gasteiger partial charge in [0.1, 0.15) is 0 Å². The lowest BCUT2D eigenvalue weighted by Gasteiger charge is -2.03. The molecule has 0 unspecified atom stereocenters. The van der Waals surface area contributed by atoms with Gasteiger partial charge in [-0.05, 0) is 30.2 Å². The molecule has 0 spiro atoms. The number of aromatic nitrogens is 3. The van der Waals surface area contributed by atoms with Crippen LogP contribution in [0.1, 0.15) is 5.56 Å². The number of nitrogens with one attached hydrogen (secondary N) is 1. The van der Waals surface area contributed by atoms with Gasteiger partial charge in [0.25, 0.3) is 0 Å². The topological polar surface area (TPSA) is 53.8 Å². The molecule has 0 aliphatic carbocycles. The van der Waals surface area contributed by atoms with Crippen LogP contribution in [0.4, 0.5) is 0 Å². The number of imidazole rings is 1. The number of hydrogen-bond acceptors (Lipinski definition) is 2. The Hall–Kier alpha value is -2.07. The zero-order valence-corrected chi connectivity index (χ0v) is 9.30. The fourth-order valence-corrected chi connectivity index (χ4v) is 2.07. The van der Waals surface area contributed by atoms with Gasteiger partial charge in [-0.3, -0.25) is 0 Å². The molecule has 86 valence electrons. The summed E-state index contributed by atoms with van der Waals surface area (Å²) in [6.07, 6.45) is 8.08. The van der Waals surface area contributed by atoms with Crippen molar-refractivity contribution < 1.29 is 5.11 Å². The Morgan fingerprint density at radius 3 is 3.06 bits per heavy atom. The van der Waals surface area contributed by atoms with Crippen LogP contribution in [0.15, 0.2) is 43.1 Å². The molecule has 0 amide bonds. The molecule has 4 nitrogen and oxygen atoms in total. The van der Waals surface area contributed by atoms with Crippen LogP contribution in [0.3, 0.4) is 0 Å². The molecule has 17 heavy (non-hydrogen) atoms. The van der Waals surface area contributed by atoms with E-state index in [-0.39, 0.29) is 6.61 Å². The summed E-state index contributed by atoms with van der Waals surface area (Å²) < 4.78 is 1.97. The predicted octanol–water partition coefficient (Wildman–Crippen LogP) is 1.89. The average molecular weight is 227 g/mol. The van der Waals surface area contributed by atoms with Gasteiger partial charge in [-0.25, -0.2) is 4.98 Å². The molecule has 3 aromatic rings. The Morgan fingerprint density at radius 1 is 1.35 bits per heavy atom. The van der Waals surface area contributed by atoms with E-state index in [4.69, 9.17) is 5.11 Å². The Bertz CT molecular complexity index is 625. The van der Waals surface area contributed by atoms with E-state index in [1.165, 1.54) is 0 Å². The minimum Gasteiger partial charge on any atom is -0.396 e. The van der Waals surface area contributed by atoms with Gasteiger partial charge in [-0.2, -0.15) is 0 Å². The van der Waals surface area contributed by atoms with Crippen LogP contribution in [-0.4, -0.2) is 26.2 Å². The van der Waals surface area contributed by atoms with Crippen molar-refractivity contribution in [2.75, 3.05) is 6.61 Å². The van der Waals surface area contributed by atoms with Crippen LogP contribution < -0.4 is 0 Å². The van der Waals surface area contributed by atoms with E-state index in [9.17, 15) is 0 Å². The molecule has 0 aliphatic rings. The maximum absolute atomic E-state index is 9.02. The molecule has 2 aromatic heterocycles. The molecule has 2 heterocycles. The number of aromatic amines is 1. The van der Waals surface area contributed by atoms with Gasteiger partial charge >= 0.3 is 0 Å². The first-order chi connectivity index (χ1) is 8.38. The first kappa shape index (κ1) is 10.1. The Kier molecular flexibility index (Phi) is 2.42. The van der Waals surface area contributed by atoms with Gasteiger partial charge in [0.05, 0.1) is 6.33 Å². The largest absolute Gasteiger partial charge is 0.396 e. The zero-order valence-electron chi connectivity index (χ0n) is 9.30. The van der Waals surface area contributed by atoms with Crippen molar-refractivity contribution in [2.45, 2.75) is 6.42 Å². The van der Waals surface area contributed by atoms with Gasteiger partial charge in [-0.15, -0.1) is 0 Å². The van der Waals surface area contributed by atoms with Gasteiger partial charge in [0.15, 0.2) is 0 Å². The average Bonchev–Trinajstić information content (AvgIpc) is 2.98. The summed E-state index contributed by atoms with van der Waals surface area (Å²) >= 11 is 0. The van der Waals surface area contributed by atoms with E-state index in [1.54, 1.807) is 12.5 Å². The third-order valence-electron chi connectivity index (χ3n) is 2.93. The van der Waals surface area contributed by atoms with E-state index >= 15 is 0 Å². The number of benzene rings is 1. The van der Waals surface area contributed by atoms with E-state index in [2.05, 4.69) is 16.0 Å². The molecule has 0 radical (unpaired) electrons. The summed E-state index contributed by atoms with van der Waals surface area (Å²) in [5.74, 6) is 0. The van der Waals surface area contributed by atoms with Crippen molar-refractivity contribution in [3.63, 3.8) is 0 Å². The number of aliphatic hydroxyl groups excluding tert-OH is 1. The van der Waals surface area contributed by atoms with Gasteiger partial charge in [-0.1, -0.05) is 0 Å². The fourth-order valence-electron chi connectivity index (χ4n) is 2.07. The van der Waals surface area contributed by atoms with Crippen molar-refractivity contribution in [1.29, 1.82) is 0 Å². The lowest BCUT2D eigenvalue weighted by molar-refractivity contribution is 0.300. The van der Waals surface area contributed by atoms with Crippen LogP contribution in [-0.2, 0) is 6.42 Å². The highest BCUT2D eigenvalue weighted by molar-refractivity contribution is 5.85. The Balaban J connectivity index is 2.13. The first-order valence-corrected chi connectivity index (χ1v) is 5.57. The summed E-state index contributed by atoms with van der Waals surface area (Å²) in [6, 6.07) is 6.20. The maximum Gasteiger partial charge on any atom is 0.0991 e. The highest BCUT2D eigenvalue weighted by Gasteiger charge is 2.04. The quantitative estimate of drug-likeness (QED) is 0.718. The van der Waals surface area contributed by atoms with Crippen LogP contribution >= 0.6 is 0 Å². The van der Waals surface area contributed by atoms with E-state index in [1.807, 2.05) is 29.1 Å². The molecular weight excluding hydrogens is 214 g/mol. The predicted molar refractivity (Wildman–Crippen MR) is 66.2 cm³/mol. The van der Waals surface area contributed by atoms with E-state index in [0.29, 0.717) is 6.42 Å². The number of nitrogens with zero attached hydrogens (tertiary/aromatic N) is 2. The lowest BCUT2D eigenvalue weighted by atomic mass is 10.1. The number of rotatable bonds is 3. The summed E-state index contributed by atoms with van der Waals surface area (Å²) in [6.45, 7) is 0.169. The number of H-pyrrole nitrogens is 1. The fraction of sp³-hybridized carbons (Fsp3) is 0.154. The van der Waals surface area contributed by atoms with Crippen molar-refractivity contribution in [3.05, 3.63) is 48.7 Å². The smallest absolute Gasteiger partial charge is 0.0991 e. The standard InChI is InChI=1S/C13H13N3O/c17-6-3-10-8-15-13-2-1-11(7-12(10)13)16-5-4-14-9-16/h1-2,4-5,7-9,15,17H,3,6H2. The second-order valence-electron chi connectivity index (χ2n) is 3.99. The SMILES string of the molecule is OCCc1c[nH]c2ccc(-n3ccnc3)cc12. The monoisotopic (exact) mass is 227 g/mol. The summed E-state index contributed by atoms with van der Waals surface area (Å²) in [5.41, 5.74) is 3.32. The zero-order chi connectivity index (χ0) is 11.7. The highest BCUT2D eigenvalue weighted by atomic mass is 16.2. The maximum atomic E-state index is 9.02. The molecule has 1 aromatic carbocycles. The summed E-state index contributed by atoms with van der Waals surface area (Å²) in [5, 5.41) is 10.2. The molecule has 0 saturated heterocycles. The molecule has 4 heteroatoms. The van der Waals surface area contributed by atoms with E-state index in [0.717, 1.165) is 22.2 Å². The van der Waals surface area contributed by atoms with Crippen LogP contribution in [0.2, 0.25) is 0 Å². The van der Waals surface area contributed by atoms with Crippen LogP contribution in [0, 0.1) is 0 Å². The third kappa shape index (κ3) is 1.72. The third-order valence-corrected chi connectivity index (χ3v) is 2.93. The normalized spacial score (nSPS) is 11.1. The number of fused-ring (bicyclic) bond motifs is 1. The van der Waals surface area contributed by atoms with Crippen LogP contribution in [0.25, 0.3) is 16.6 Å². The first-order valence-electron chi connectivity index (χ1n) is 5.57. The molecular formula is C13H13N3O. The van der Waals surface area contributed by atoms with Crippen molar-refractivity contribution in [1.82, 2.24) is 14.5 Å². The second-order valence-corrected chi connectivity index (χ2v) is 3.99. The van der Waals surface area contributed by atoms with Gasteiger partial charge in [0, 0.05) is 41.8 Å². The van der Waals surface area contributed by atoms with Crippen LogP contribution in [0.5, 0.6) is 0 Å². The second kappa shape index (κ2) is 4.07. The summed E-state index contributed by atoms with van der Waals surface area (Å²) in [7, 11) is 0. The minimum absolute atomic E-state index is 0.169. The molecule has 3 rings (SSSR count). The number of aliphatic hydroxyl groups is 1. The molecule has 0 aliphatic heterocycles. The molecule has 0 atom stereocenters. The molecule has 0 bridgehead atoms. The van der Waals surface area contributed by atoms with Gasteiger partial charge in [0.2, 0.25) is 0 Å². The molecule has 2 N–H and O–H groups in total. The Morgan fingerprint density at radius 2 is 2.29 bits per heavy atom. The minimum atomic E-state index is 0.169. The lowest BCUT2D eigenvalue weighted by Crippen LogP contribution is -1.91. The van der Waals surface area contributed by atoms with Crippen molar-refractivity contribution in [2.24, 2.45) is 0 Å². The van der Waals surface area contributed by atoms with Gasteiger partial charge < -0.3 is 14.7 Å².